The molecule has 1 aromatic rings. The lowest BCUT2D eigenvalue weighted by Gasteiger charge is -2.33. The number of primary sulfonamides is 1. The van der Waals surface area contributed by atoms with Crippen LogP contribution in [0.3, 0.4) is 0 Å². The van der Waals surface area contributed by atoms with Gasteiger partial charge in [-0.1, -0.05) is 15.9 Å². The van der Waals surface area contributed by atoms with Crippen LogP contribution in [0.2, 0.25) is 0 Å². The number of benzene rings is 1. The fraction of sp³-hybridized carbons (Fsp3) is 0.462. The van der Waals surface area contributed by atoms with Crippen molar-refractivity contribution >= 4 is 31.9 Å². The number of likely N-dealkylation sites (tertiary alicyclic amines) is 1. The number of hydrogen-bond donors (Lipinski definition) is 1. The Labute approximate surface area is 127 Å². The molecule has 0 radical (unpaired) electrons. The fourth-order valence-corrected chi connectivity index (χ4v) is 3.64. The quantitative estimate of drug-likeness (QED) is 0.876. The van der Waals surface area contributed by atoms with Gasteiger partial charge in [0.15, 0.2) is 0 Å². The highest BCUT2D eigenvalue weighted by Crippen LogP contribution is 2.23. The monoisotopic (exact) mass is 360 g/mol. The molecule has 0 saturated carbocycles. The van der Waals surface area contributed by atoms with Crippen LogP contribution in [-0.2, 0) is 10.0 Å². The number of carbonyl (C=O) groups is 1. The van der Waals surface area contributed by atoms with E-state index < -0.39 is 10.0 Å². The van der Waals surface area contributed by atoms with Gasteiger partial charge in [0.1, 0.15) is 0 Å². The van der Waals surface area contributed by atoms with Gasteiger partial charge in [0.2, 0.25) is 10.0 Å². The molecule has 1 aromatic carbocycles. The normalized spacial score (nSPS) is 19.9. The van der Waals surface area contributed by atoms with E-state index in [4.69, 9.17) is 5.14 Å². The molecule has 0 spiro atoms. The number of nitrogens with zero attached hydrogens (tertiary/aromatic N) is 1. The second-order valence-corrected chi connectivity index (χ2v) is 7.54. The molecule has 2 N–H and O–H groups in total. The highest BCUT2D eigenvalue weighted by Gasteiger charge is 2.25. The summed E-state index contributed by atoms with van der Waals surface area (Å²) in [5, 5.41) is 5.13. The van der Waals surface area contributed by atoms with Gasteiger partial charge in [-0.05, 0) is 44.4 Å². The molecule has 2 rings (SSSR count). The van der Waals surface area contributed by atoms with Crippen LogP contribution in [0, 0.1) is 0 Å². The Hall–Kier alpha value is -0.920. The molecular weight excluding hydrogens is 344 g/mol. The lowest BCUT2D eigenvalue weighted by Crippen LogP contribution is -2.42. The molecule has 1 fully saturated rings. The highest BCUT2D eigenvalue weighted by atomic mass is 79.9. The van der Waals surface area contributed by atoms with Gasteiger partial charge in [0.25, 0.3) is 5.91 Å². The minimum Gasteiger partial charge on any atom is -0.336 e. The van der Waals surface area contributed by atoms with Crippen LogP contribution in [0.5, 0.6) is 0 Å². The second kappa shape index (κ2) is 5.83. The number of carbonyl (C=O) groups excluding carboxylic acids is 1. The number of piperidine rings is 1. The molecule has 0 aliphatic carbocycles. The number of halogens is 1. The van der Waals surface area contributed by atoms with E-state index in [1.807, 2.05) is 6.92 Å². The predicted octanol–water partition coefficient (Wildman–Crippen LogP) is 2.11. The van der Waals surface area contributed by atoms with E-state index >= 15 is 0 Å². The largest absolute Gasteiger partial charge is 0.336 e. The molecule has 0 bridgehead atoms. The average molecular weight is 361 g/mol. The molecule has 1 atom stereocenters. The Morgan fingerprint density at radius 2 is 2.05 bits per heavy atom. The minimum atomic E-state index is -3.83. The summed E-state index contributed by atoms with van der Waals surface area (Å²) in [5.74, 6) is -0.150. The van der Waals surface area contributed by atoms with Crippen molar-refractivity contribution in [3.8, 4) is 0 Å². The van der Waals surface area contributed by atoms with E-state index in [1.54, 1.807) is 11.0 Å². The zero-order valence-corrected chi connectivity index (χ0v) is 13.6. The topological polar surface area (TPSA) is 80.5 Å². The van der Waals surface area contributed by atoms with Crippen molar-refractivity contribution in [3.63, 3.8) is 0 Å². The van der Waals surface area contributed by atoms with Crippen molar-refractivity contribution in [2.75, 3.05) is 6.54 Å². The first kappa shape index (κ1) is 15.5. The first-order chi connectivity index (χ1) is 9.29. The van der Waals surface area contributed by atoms with Crippen molar-refractivity contribution in [1.82, 2.24) is 4.90 Å². The maximum Gasteiger partial charge on any atom is 0.254 e. The van der Waals surface area contributed by atoms with Crippen LogP contribution in [0.15, 0.2) is 27.6 Å². The van der Waals surface area contributed by atoms with Gasteiger partial charge >= 0.3 is 0 Å². The van der Waals surface area contributed by atoms with Crippen molar-refractivity contribution < 1.29 is 13.2 Å². The van der Waals surface area contributed by atoms with Gasteiger partial charge in [-0.25, -0.2) is 13.6 Å². The van der Waals surface area contributed by atoms with Gasteiger partial charge < -0.3 is 4.90 Å². The van der Waals surface area contributed by atoms with E-state index in [0.29, 0.717) is 16.6 Å². The average Bonchev–Trinajstić information content (AvgIpc) is 2.37. The van der Waals surface area contributed by atoms with Crippen molar-refractivity contribution in [2.24, 2.45) is 5.14 Å². The maximum absolute atomic E-state index is 12.5. The van der Waals surface area contributed by atoms with Crippen LogP contribution in [-0.4, -0.2) is 31.8 Å². The van der Waals surface area contributed by atoms with Gasteiger partial charge in [-0.15, -0.1) is 0 Å². The Bertz CT molecular complexity index is 631. The molecule has 5 nitrogen and oxygen atoms in total. The lowest BCUT2D eigenvalue weighted by molar-refractivity contribution is 0.0635. The van der Waals surface area contributed by atoms with E-state index in [9.17, 15) is 13.2 Å². The summed E-state index contributed by atoms with van der Waals surface area (Å²) in [4.78, 5) is 14.2. The zero-order chi connectivity index (χ0) is 14.9. The van der Waals surface area contributed by atoms with Crippen LogP contribution in [0.25, 0.3) is 0 Å². The van der Waals surface area contributed by atoms with Gasteiger partial charge in [0.05, 0.1) is 4.90 Å². The van der Waals surface area contributed by atoms with Crippen molar-refractivity contribution in [1.29, 1.82) is 0 Å². The van der Waals surface area contributed by atoms with E-state index in [0.717, 1.165) is 19.3 Å². The van der Waals surface area contributed by atoms with Crippen molar-refractivity contribution in [2.45, 2.75) is 37.1 Å². The first-order valence-corrected chi connectivity index (χ1v) is 8.77. The fourth-order valence-electron chi connectivity index (χ4n) is 2.42. The zero-order valence-electron chi connectivity index (χ0n) is 11.2. The molecule has 110 valence electrons. The SMILES string of the molecule is CC1CCCCN1C(=O)c1cc(Br)cc(S(N)(=O)=O)c1. The Balaban J connectivity index is 2.37. The lowest BCUT2D eigenvalue weighted by atomic mass is 10.0. The molecule has 20 heavy (non-hydrogen) atoms. The molecular formula is C13H17BrN2O3S. The number of sulfonamides is 1. The third-order valence-electron chi connectivity index (χ3n) is 3.51. The van der Waals surface area contributed by atoms with Gasteiger partial charge in [-0.3, -0.25) is 4.79 Å². The second-order valence-electron chi connectivity index (χ2n) is 5.06. The predicted molar refractivity (Wildman–Crippen MR) is 79.9 cm³/mol. The molecule has 7 heteroatoms. The van der Waals surface area contributed by atoms with Gasteiger partial charge in [-0.2, -0.15) is 0 Å². The third-order valence-corrected chi connectivity index (χ3v) is 4.86. The Morgan fingerprint density at radius 1 is 1.35 bits per heavy atom. The number of nitrogens with two attached hydrogens (primary N) is 1. The Kier molecular flexibility index (Phi) is 4.51. The molecule has 1 heterocycles. The summed E-state index contributed by atoms with van der Waals surface area (Å²) in [5.41, 5.74) is 0.345. The molecule has 0 aromatic heterocycles. The molecule has 1 amide bonds. The Morgan fingerprint density at radius 3 is 2.65 bits per heavy atom. The van der Waals surface area contributed by atoms with E-state index in [-0.39, 0.29) is 16.8 Å². The molecule has 1 aliphatic heterocycles. The summed E-state index contributed by atoms with van der Waals surface area (Å²) in [6, 6.07) is 4.53. The summed E-state index contributed by atoms with van der Waals surface area (Å²) in [6.07, 6.45) is 3.07. The summed E-state index contributed by atoms with van der Waals surface area (Å²) in [6.45, 7) is 2.72. The standard InChI is InChI=1S/C13H17BrN2O3S/c1-9-4-2-3-5-16(9)13(17)10-6-11(14)8-12(7-10)20(15,18)19/h6-9H,2-5H2,1H3,(H2,15,18,19). The summed E-state index contributed by atoms with van der Waals surface area (Å²) >= 11 is 3.22. The highest BCUT2D eigenvalue weighted by molar-refractivity contribution is 9.10. The third kappa shape index (κ3) is 3.39. The maximum atomic E-state index is 12.5. The summed E-state index contributed by atoms with van der Waals surface area (Å²) in [7, 11) is -3.83. The minimum absolute atomic E-state index is 0.0557. The van der Waals surface area contributed by atoms with Crippen LogP contribution < -0.4 is 5.14 Å². The van der Waals surface area contributed by atoms with Crippen LogP contribution in [0.1, 0.15) is 36.5 Å². The molecule has 1 aliphatic rings. The van der Waals surface area contributed by atoms with Crippen LogP contribution in [0.4, 0.5) is 0 Å². The number of amides is 1. The van der Waals surface area contributed by atoms with Gasteiger partial charge in [0, 0.05) is 22.6 Å². The molecule has 1 saturated heterocycles. The summed E-state index contributed by atoms with van der Waals surface area (Å²) < 4.78 is 23.4. The first-order valence-electron chi connectivity index (χ1n) is 6.43. The van der Waals surface area contributed by atoms with E-state index in [2.05, 4.69) is 15.9 Å². The van der Waals surface area contributed by atoms with E-state index in [1.165, 1.54) is 12.1 Å². The van der Waals surface area contributed by atoms with Crippen molar-refractivity contribution in [3.05, 3.63) is 28.2 Å². The number of rotatable bonds is 2. The number of hydrogen-bond acceptors (Lipinski definition) is 3. The van der Waals surface area contributed by atoms with Crippen LogP contribution >= 0.6 is 15.9 Å². The molecule has 1 unspecified atom stereocenters. The smallest absolute Gasteiger partial charge is 0.254 e.